The number of anilines is 1. The predicted molar refractivity (Wildman–Crippen MR) is 125 cm³/mol. The topological polar surface area (TPSA) is 78.1 Å². The molecule has 1 aliphatic rings. The molecule has 1 aromatic carbocycles. The van der Waals surface area contributed by atoms with Gasteiger partial charge in [-0.25, -0.2) is 4.39 Å². The molecule has 1 aliphatic heterocycles. The van der Waals surface area contributed by atoms with Gasteiger partial charge in [0.15, 0.2) is 0 Å². The molecule has 1 N–H and O–H groups in total. The van der Waals surface area contributed by atoms with Crippen molar-refractivity contribution in [3.63, 3.8) is 0 Å². The van der Waals surface area contributed by atoms with Gasteiger partial charge in [0.2, 0.25) is 0 Å². The Bertz CT molecular complexity index is 1210. The Morgan fingerprint density at radius 3 is 2.61 bits per heavy atom. The lowest BCUT2D eigenvalue weighted by atomic mass is 10.0. The second-order valence-electron chi connectivity index (χ2n) is 6.80. The molecular weight excluding hydrogens is 435 g/mol. The fourth-order valence-electron chi connectivity index (χ4n) is 3.15. The first-order valence-corrected chi connectivity index (χ1v) is 10.5. The molecule has 2 aromatic rings. The number of halogens is 1. The number of thiocarbonyl (C=S) groups is 1. The van der Waals surface area contributed by atoms with Crippen molar-refractivity contribution >= 4 is 46.1 Å². The first-order valence-electron chi connectivity index (χ1n) is 9.26. The smallest absolute Gasteiger partial charge is 0.270 e. The van der Waals surface area contributed by atoms with Gasteiger partial charge in [-0.2, -0.15) is 5.26 Å². The fraction of sp³-hybridized carbons (Fsp3) is 0.182. The molecule has 0 radical (unpaired) electrons. The highest BCUT2D eigenvalue weighted by Gasteiger charge is 2.31. The highest BCUT2D eigenvalue weighted by molar-refractivity contribution is 8.26. The van der Waals surface area contributed by atoms with E-state index in [4.69, 9.17) is 12.2 Å². The summed E-state index contributed by atoms with van der Waals surface area (Å²) in [5.74, 6) is -0.154. The lowest BCUT2D eigenvalue weighted by Gasteiger charge is -2.18. The van der Waals surface area contributed by atoms with Crippen LogP contribution in [0.4, 0.5) is 10.2 Å². The molecule has 1 amide bonds. The van der Waals surface area contributed by atoms with Crippen LogP contribution in [0.5, 0.6) is 0 Å². The number of amides is 1. The minimum absolute atomic E-state index is 0.00246. The largest absolute Gasteiger partial charge is 0.367 e. The normalized spacial score (nSPS) is 14.8. The number of benzene rings is 1. The zero-order valence-electron chi connectivity index (χ0n) is 16.9. The molecule has 0 bridgehead atoms. The summed E-state index contributed by atoms with van der Waals surface area (Å²) in [5.41, 5.74) is 1.36. The van der Waals surface area contributed by atoms with Gasteiger partial charge in [-0.1, -0.05) is 42.2 Å². The monoisotopic (exact) mass is 454 g/mol. The summed E-state index contributed by atoms with van der Waals surface area (Å²) in [6, 6.07) is 7.93. The maximum absolute atomic E-state index is 13.2. The van der Waals surface area contributed by atoms with Crippen molar-refractivity contribution in [2.75, 3.05) is 11.9 Å². The molecule has 0 unspecified atom stereocenters. The molecule has 0 saturated carbocycles. The molecule has 158 valence electrons. The van der Waals surface area contributed by atoms with Crippen LogP contribution in [0.2, 0.25) is 0 Å². The number of carbonyl (C=O) groups excluding carboxylic acids is 1. The number of nitrogens with one attached hydrogen (secondary N) is 1. The first-order chi connectivity index (χ1) is 14.8. The Kier molecular flexibility index (Phi) is 6.73. The molecule has 31 heavy (non-hydrogen) atoms. The third-order valence-electron chi connectivity index (χ3n) is 4.83. The average Bonchev–Trinajstić information content (AvgIpc) is 3.01. The summed E-state index contributed by atoms with van der Waals surface area (Å²) in [7, 11) is 1.55. The number of hydrogen-bond acceptors (Lipinski definition) is 6. The Hall–Kier alpha value is -3.22. The molecule has 9 heteroatoms. The van der Waals surface area contributed by atoms with Crippen LogP contribution in [-0.4, -0.2) is 26.2 Å². The van der Waals surface area contributed by atoms with Gasteiger partial charge in [-0.3, -0.25) is 19.1 Å². The highest BCUT2D eigenvalue weighted by atomic mass is 32.2. The minimum atomic E-state index is -0.446. The van der Waals surface area contributed by atoms with Crippen molar-refractivity contribution in [2.45, 2.75) is 13.5 Å². The summed E-state index contributed by atoms with van der Waals surface area (Å²) in [5, 5.41) is 12.7. The Labute approximate surface area is 188 Å². The Morgan fingerprint density at radius 2 is 2.00 bits per heavy atom. The Morgan fingerprint density at radius 1 is 1.32 bits per heavy atom. The van der Waals surface area contributed by atoms with Gasteiger partial charge in [0.05, 0.1) is 4.91 Å². The van der Waals surface area contributed by atoms with Gasteiger partial charge in [-0.15, -0.1) is 6.58 Å². The van der Waals surface area contributed by atoms with Gasteiger partial charge < -0.3 is 5.32 Å². The van der Waals surface area contributed by atoms with Crippen LogP contribution >= 0.6 is 24.0 Å². The number of carbonyl (C=O) groups is 1. The number of nitrogens with zero attached hydrogens (tertiary/aromatic N) is 3. The van der Waals surface area contributed by atoms with Crippen LogP contribution in [-0.2, 0) is 18.4 Å². The molecule has 0 aliphatic carbocycles. The molecule has 1 saturated heterocycles. The number of aromatic nitrogens is 1. The Balaban J connectivity index is 2.09. The first kappa shape index (κ1) is 22.5. The zero-order valence-corrected chi connectivity index (χ0v) is 18.6. The fourth-order valence-corrected chi connectivity index (χ4v) is 4.41. The van der Waals surface area contributed by atoms with Gasteiger partial charge in [-0.05, 0) is 36.3 Å². The van der Waals surface area contributed by atoms with Crippen molar-refractivity contribution in [1.29, 1.82) is 5.26 Å². The quantitative estimate of drug-likeness (QED) is 0.407. The van der Waals surface area contributed by atoms with Gasteiger partial charge in [0, 0.05) is 25.7 Å². The van der Waals surface area contributed by atoms with Crippen LogP contribution in [0.1, 0.15) is 22.3 Å². The summed E-state index contributed by atoms with van der Waals surface area (Å²) in [6.45, 7) is 5.92. The number of thioether (sulfide) groups is 1. The van der Waals surface area contributed by atoms with E-state index in [9.17, 15) is 19.2 Å². The van der Waals surface area contributed by atoms with E-state index in [1.54, 1.807) is 38.3 Å². The van der Waals surface area contributed by atoms with Gasteiger partial charge in [0.25, 0.3) is 11.5 Å². The summed E-state index contributed by atoms with van der Waals surface area (Å²) in [4.78, 5) is 27.2. The molecular formula is C22H19FN4O2S2. The van der Waals surface area contributed by atoms with E-state index in [-0.39, 0.29) is 17.3 Å². The third kappa shape index (κ3) is 4.45. The summed E-state index contributed by atoms with van der Waals surface area (Å²) in [6.07, 6.45) is 3.24. The average molecular weight is 455 g/mol. The maximum Gasteiger partial charge on any atom is 0.270 e. The van der Waals surface area contributed by atoms with Crippen LogP contribution < -0.4 is 10.9 Å². The van der Waals surface area contributed by atoms with Gasteiger partial charge >= 0.3 is 0 Å². The highest BCUT2D eigenvalue weighted by Crippen LogP contribution is 2.34. The van der Waals surface area contributed by atoms with Crippen LogP contribution in [0.15, 0.2) is 46.6 Å². The number of pyridine rings is 1. The minimum Gasteiger partial charge on any atom is -0.367 e. The molecule has 3 rings (SSSR count). The van der Waals surface area contributed by atoms with Crippen molar-refractivity contribution < 1.29 is 9.18 Å². The predicted octanol–water partition coefficient (Wildman–Crippen LogP) is 3.70. The van der Waals surface area contributed by atoms with E-state index in [1.807, 2.05) is 6.07 Å². The lowest BCUT2D eigenvalue weighted by molar-refractivity contribution is -0.121. The number of rotatable bonds is 6. The molecule has 0 spiro atoms. The molecule has 2 heterocycles. The molecule has 0 atom stereocenters. The van der Waals surface area contributed by atoms with E-state index >= 15 is 0 Å². The molecule has 6 nitrogen and oxygen atoms in total. The molecule has 1 fully saturated rings. The van der Waals surface area contributed by atoms with E-state index in [2.05, 4.69) is 11.9 Å². The number of hydrogen-bond donors (Lipinski definition) is 1. The SMILES string of the molecule is C=CCN1C(=O)/C(=C\c2c(C)c(C#N)c(=O)n(C)c2NCc2ccc(F)cc2)SC1=S. The second-order valence-corrected chi connectivity index (χ2v) is 8.48. The van der Waals surface area contributed by atoms with Crippen LogP contribution in [0.3, 0.4) is 0 Å². The summed E-state index contributed by atoms with van der Waals surface area (Å²) < 4.78 is 14.9. The van der Waals surface area contributed by atoms with Crippen LogP contribution in [0, 0.1) is 24.1 Å². The summed E-state index contributed by atoms with van der Waals surface area (Å²) >= 11 is 6.44. The van der Waals surface area contributed by atoms with Gasteiger partial charge in [0.1, 0.15) is 27.6 Å². The second kappa shape index (κ2) is 9.29. The van der Waals surface area contributed by atoms with Crippen molar-refractivity contribution in [3.8, 4) is 6.07 Å². The standard InChI is InChI=1S/C22H19FN4O2S2/c1-4-9-27-21(29)18(31-22(27)30)10-16-13(2)17(11-24)20(28)26(3)19(16)25-12-14-5-7-15(23)8-6-14/h4-8,10,25H,1,9,12H2,2-3H3/b18-10+. The lowest BCUT2D eigenvalue weighted by Crippen LogP contribution is -2.28. The van der Waals surface area contributed by atoms with E-state index in [1.165, 1.54) is 21.6 Å². The van der Waals surface area contributed by atoms with Crippen molar-refractivity contribution in [2.24, 2.45) is 7.05 Å². The van der Waals surface area contributed by atoms with E-state index in [0.29, 0.717) is 39.3 Å². The van der Waals surface area contributed by atoms with Crippen molar-refractivity contribution in [1.82, 2.24) is 9.47 Å². The van der Waals surface area contributed by atoms with E-state index < -0.39 is 5.56 Å². The molecule has 1 aromatic heterocycles. The maximum atomic E-state index is 13.2. The number of nitriles is 1. The van der Waals surface area contributed by atoms with Crippen LogP contribution in [0.25, 0.3) is 6.08 Å². The van der Waals surface area contributed by atoms with Crippen molar-refractivity contribution in [3.05, 3.63) is 80.3 Å². The third-order valence-corrected chi connectivity index (χ3v) is 6.21. The van der Waals surface area contributed by atoms with E-state index in [0.717, 1.165) is 17.3 Å². The zero-order chi connectivity index (χ0) is 22.7.